The molecule has 5 nitrogen and oxygen atoms in total. The molecule has 8 aromatic rings. The zero-order chi connectivity index (χ0) is 32.2. The lowest BCUT2D eigenvalue weighted by Crippen LogP contribution is -2.23. The van der Waals surface area contributed by atoms with Gasteiger partial charge in [0.2, 0.25) is 0 Å². The Morgan fingerprint density at radius 2 is 1.17 bits per heavy atom. The third kappa shape index (κ3) is 4.24. The molecule has 1 aliphatic rings. The molecule has 5 aromatic carbocycles. The highest BCUT2D eigenvalue weighted by Gasteiger charge is 2.42. The summed E-state index contributed by atoms with van der Waals surface area (Å²) >= 11 is 0. The maximum absolute atomic E-state index is 6.71. The predicted octanol–water partition coefficient (Wildman–Crippen LogP) is 10.9. The Morgan fingerprint density at radius 3 is 1.85 bits per heavy atom. The van der Waals surface area contributed by atoms with Gasteiger partial charge in [0, 0.05) is 44.6 Å². The van der Waals surface area contributed by atoms with Crippen LogP contribution in [-0.4, -0.2) is 19.9 Å². The molecule has 0 saturated carbocycles. The third-order valence-corrected chi connectivity index (χ3v) is 10.1. The average Bonchev–Trinajstić information content (AvgIpc) is 3.68. The van der Waals surface area contributed by atoms with Crippen molar-refractivity contribution in [1.29, 1.82) is 0 Å². The highest BCUT2D eigenvalue weighted by Crippen LogP contribution is 2.57. The van der Waals surface area contributed by atoms with E-state index in [1.54, 1.807) is 0 Å². The maximum atomic E-state index is 6.71. The van der Waals surface area contributed by atoms with E-state index in [1.165, 1.54) is 22.3 Å². The third-order valence-electron chi connectivity index (χ3n) is 10.1. The molecule has 0 amide bonds. The van der Waals surface area contributed by atoms with Crippen molar-refractivity contribution in [2.45, 2.75) is 32.1 Å². The van der Waals surface area contributed by atoms with Crippen molar-refractivity contribution in [1.82, 2.24) is 19.9 Å². The fourth-order valence-electron chi connectivity index (χ4n) is 7.72. The molecule has 0 saturated heterocycles. The van der Waals surface area contributed by atoms with Crippen molar-refractivity contribution in [2.75, 3.05) is 0 Å². The molecule has 9 rings (SSSR count). The molecule has 0 N–H and O–H groups in total. The summed E-state index contributed by atoms with van der Waals surface area (Å²) in [5.74, 6) is 1.91. The molecule has 0 unspecified atom stereocenters. The van der Waals surface area contributed by atoms with Crippen LogP contribution >= 0.6 is 0 Å². The number of furan rings is 1. The van der Waals surface area contributed by atoms with E-state index in [4.69, 9.17) is 19.4 Å². The van der Waals surface area contributed by atoms with Gasteiger partial charge in [-0.3, -0.25) is 4.98 Å². The van der Waals surface area contributed by atoms with Gasteiger partial charge in [0.15, 0.2) is 23.1 Å². The lowest BCUT2D eigenvalue weighted by atomic mass is 9.73. The van der Waals surface area contributed by atoms with Crippen LogP contribution in [0.25, 0.3) is 78.4 Å². The van der Waals surface area contributed by atoms with Crippen LogP contribution < -0.4 is 0 Å². The van der Waals surface area contributed by atoms with Gasteiger partial charge in [-0.05, 0) is 58.9 Å². The molecule has 0 atom stereocenters. The van der Waals surface area contributed by atoms with Crippen molar-refractivity contribution < 1.29 is 4.42 Å². The summed E-state index contributed by atoms with van der Waals surface area (Å²) in [6, 6.07) is 42.1. The van der Waals surface area contributed by atoms with Gasteiger partial charge in [-0.25, -0.2) is 15.0 Å². The zero-order valence-electron chi connectivity index (χ0n) is 26.8. The minimum absolute atomic E-state index is 0.0908. The standard InChI is InChI=1S/C43H32N4O/c1-3-43(4-2)34-21-12-11-20-31(34)37-35(43)25-33(39-38(37)32-22-23-44-26-36(32)48-39)29-18-13-19-30(24-29)42-46-40(27-14-7-5-8-15-27)45-41(47-42)28-16-9-6-10-17-28/h5-26H,3-4H2,1-2H3. The van der Waals surface area contributed by atoms with Gasteiger partial charge in [0.1, 0.15) is 5.58 Å². The molecule has 0 fully saturated rings. The summed E-state index contributed by atoms with van der Waals surface area (Å²) in [6.45, 7) is 4.62. The number of benzene rings is 5. The van der Waals surface area contributed by atoms with Crippen LogP contribution in [-0.2, 0) is 5.41 Å². The molecule has 5 heteroatoms. The van der Waals surface area contributed by atoms with Crippen LogP contribution in [0.1, 0.15) is 37.8 Å². The number of hydrogen-bond donors (Lipinski definition) is 0. The average molecular weight is 621 g/mol. The molecule has 48 heavy (non-hydrogen) atoms. The molecular formula is C43H32N4O. The van der Waals surface area contributed by atoms with Crippen LogP contribution in [0.15, 0.2) is 138 Å². The fraction of sp³-hybridized carbons (Fsp3) is 0.116. The summed E-state index contributed by atoms with van der Waals surface area (Å²) < 4.78 is 6.71. The minimum atomic E-state index is -0.0908. The highest BCUT2D eigenvalue weighted by atomic mass is 16.3. The predicted molar refractivity (Wildman–Crippen MR) is 193 cm³/mol. The molecule has 230 valence electrons. The number of nitrogens with zero attached hydrogens (tertiary/aromatic N) is 4. The second-order valence-corrected chi connectivity index (χ2v) is 12.5. The van der Waals surface area contributed by atoms with Crippen LogP contribution in [0.4, 0.5) is 0 Å². The van der Waals surface area contributed by atoms with E-state index in [0.717, 1.165) is 62.6 Å². The van der Waals surface area contributed by atoms with Gasteiger partial charge in [-0.1, -0.05) is 117 Å². The SMILES string of the molecule is CCC1(CC)c2ccccc2-c2c1cc(-c1cccc(-c3nc(-c4ccccc4)nc(-c4ccccc4)n3)c1)c1oc3cnccc3c21. The van der Waals surface area contributed by atoms with E-state index < -0.39 is 0 Å². The second-order valence-electron chi connectivity index (χ2n) is 12.5. The molecule has 0 radical (unpaired) electrons. The second kappa shape index (κ2) is 11.1. The quantitative estimate of drug-likeness (QED) is 0.185. The first-order valence-electron chi connectivity index (χ1n) is 16.6. The van der Waals surface area contributed by atoms with Gasteiger partial charge in [-0.2, -0.15) is 0 Å². The van der Waals surface area contributed by atoms with E-state index in [-0.39, 0.29) is 5.41 Å². The van der Waals surface area contributed by atoms with Crippen molar-refractivity contribution in [3.05, 3.63) is 145 Å². The van der Waals surface area contributed by atoms with Gasteiger partial charge >= 0.3 is 0 Å². The summed E-state index contributed by atoms with van der Waals surface area (Å²) in [7, 11) is 0. The number of pyridine rings is 1. The Kier molecular flexibility index (Phi) is 6.54. The number of rotatable bonds is 6. The van der Waals surface area contributed by atoms with E-state index in [9.17, 15) is 0 Å². The fourth-order valence-corrected chi connectivity index (χ4v) is 7.72. The minimum Gasteiger partial charge on any atom is -0.454 e. The number of fused-ring (bicyclic) bond motifs is 7. The first-order valence-corrected chi connectivity index (χ1v) is 16.6. The Hall–Kier alpha value is -5.94. The summed E-state index contributed by atoms with van der Waals surface area (Å²) in [6.07, 6.45) is 5.70. The van der Waals surface area contributed by atoms with Gasteiger partial charge in [0.25, 0.3) is 0 Å². The van der Waals surface area contributed by atoms with Crippen molar-refractivity contribution in [2.24, 2.45) is 0 Å². The number of aromatic nitrogens is 4. The Morgan fingerprint density at radius 1 is 0.562 bits per heavy atom. The van der Waals surface area contributed by atoms with Gasteiger partial charge in [0.05, 0.1) is 6.20 Å². The Balaban J connectivity index is 1.29. The highest BCUT2D eigenvalue weighted by molar-refractivity contribution is 6.18. The summed E-state index contributed by atoms with van der Waals surface area (Å²) in [5, 5.41) is 2.24. The first-order chi connectivity index (χ1) is 23.7. The largest absolute Gasteiger partial charge is 0.454 e. The van der Waals surface area contributed by atoms with Gasteiger partial charge < -0.3 is 4.42 Å². The van der Waals surface area contributed by atoms with Crippen LogP contribution in [0.2, 0.25) is 0 Å². The van der Waals surface area contributed by atoms with E-state index in [1.807, 2.05) is 73.1 Å². The van der Waals surface area contributed by atoms with E-state index in [0.29, 0.717) is 17.5 Å². The Labute approximate surface area is 279 Å². The van der Waals surface area contributed by atoms with Crippen LogP contribution in [0.5, 0.6) is 0 Å². The monoisotopic (exact) mass is 620 g/mol. The molecule has 0 aliphatic heterocycles. The smallest absolute Gasteiger partial charge is 0.164 e. The number of hydrogen-bond acceptors (Lipinski definition) is 5. The molecule has 1 aliphatic carbocycles. The lowest BCUT2D eigenvalue weighted by Gasteiger charge is -2.30. The Bertz CT molecular complexity index is 2420. The van der Waals surface area contributed by atoms with Crippen molar-refractivity contribution in [3.63, 3.8) is 0 Å². The van der Waals surface area contributed by atoms with Crippen LogP contribution in [0.3, 0.4) is 0 Å². The van der Waals surface area contributed by atoms with Crippen molar-refractivity contribution >= 4 is 21.9 Å². The van der Waals surface area contributed by atoms with E-state index in [2.05, 4.69) is 79.5 Å². The zero-order valence-corrected chi connectivity index (χ0v) is 26.8. The summed E-state index contributed by atoms with van der Waals surface area (Å²) in [4.78, 5) is 19.3. The summed E-state index contributed by atoms with van der Waals surface area (Å²) in [5.41, 5.74) is 11.8. The molecular weight excluding hydrogens is 589 g/mol. The van der Waals surface area contributed by atoms with Crippen molar-refractivity contribution in [3.8, 4) is 56.4 Å². The molecule has 3 heterocycles. The molecule has 0 bridgehead atoms. The van der Waals surface area contributed by atoms with Crippen LogP contribution in [0, 0.1) is 0 Å². The lowest BCUT2D eigenvalue weighted by molar-refractivity contribution is 0.490. The first kappa shape index (κ1) is 28.3. The molecule has 0 spiro atoms. The maximum Gasteiger partial charge on any atom is 0.164 e. The van der Waals surface area contributed by atoms with E-state index >= 15 is 0 Å². The molecule has 3 aromatic heterocycles. The van der Waals surface area contributed by atoms with Gasteiger partial charge in [-0.15, -0.1) is 0 Å². The topological polar surface area (TPSA) is 64.7 Å². The normalized spacial score (nSPS) is 13.1.